The number of thiazole rings is 1. The molecule has 7 heteroatoms. The summed E-state index contributed by atoms with van der Waals surface area (Å²) < 4.78 is 4.41. The van der Waals surface area contributed by atoms with E-state index in [2.05, 4.69) is 19.9 Å². The van der Waals surface area contributed by atoms with Gasteiger partial charge in [0.15, 0.2) is 16.6 Å². The molecule has 2 heterocycles. The fourth-order valence-corrected chi connectivity index (χ4v) is 1.32. The zero-order valence-electron chi connectivity index (χ0n) is 5.89. The zero-order valence-corrected chi connectivity index (χ0v) is 6.71. The van der Waals surface area contributed by atoms with Gasteiger partial charge in [0.1, 0.15) is 5.69 Å². The van der Waals surface area contributed by atoms with Gasteiger partial charge in [-0.1, -0.05) is 0 Å². The molecule has 0 aliphatic rings. The molecule has 0 aliphatic heterocycles. The van der Waals surface area contributed by atoms with Crippen LogP contribution in [0.2, 0.25) is 0 Å². The summed E-state index contributed by atoms with van der Waals surface area (Å²) in [5.41, 5.74) is 11.9. The molecule has 6 nitrogen and oxygen atoms in total. The first-order valence-corrected chi connectivity index (χ1v) is 3.95. The molecule has 2 rings (SSSR count). The van der Waals surface area contributed by atoms with Crippen molar-refractivity contribution in [2.45, 2.75) is 0 Å². The van der Waals surface area contributed by atoms with E-state index in [-0.39, 0.29) is 5.82 Å². The van der Waals surface area contributed by atoms with Gasteiger partial charge < -0.3 is 11.5 Å². The molecule has 0 unspecified atom stereocenters. The predicted molar refractivity (Wildman–Crippen MR) is 44.2 cm³/mol. The average Bonchev–Trinajstić information content (AvgIpc) is 2.58. The summed E-state index contributed by atoms with van der Waals surface area (Å²) in [5, 5.41) is 9.20. The van der Waals surface area contributed by atoms with Crippen LogP contribution in [0.15, 0.2) is 10.0 Å². The maximum atomic E-state index is 5.44. The van der Waals surface area contributed by atoms with Gasteiger partial charge in [0.05, 0.1) is 0 Å². The van der Waals surface area contributed by atoms with Gasteiger partial charge in [0, 0.05) is 5.38 Å². The second kappa shape index (κ2) is 2.45. The Morgan fingerprint density at radius 3 is 2.67 bits per heavy atom. The maximum absolute atomic E-state index is 5.44. The second-order valence-electron chi connectivity index (χ2n) is 2.07. The van der Waals surface area contributed by atoms with Crippen molar-refractivity contribution in [3.63, 3.8) is 0 Å². The first-order valence-electron chi connectivity index (χ1n) is 3.07. The average molecular weight is 183 g/mol. The van der Waals surface area contributed by atoms with Gasteiger partial charge in [0.25, 0.3) is 0 Å². The monoisotopic (exact) mass is 183 g/mol. The molecular formula is C5H5N5OS. The Hall–Kier alpha value is -1.63. The molecule has 2 aromatic rings. The first kappa shape index (κ1) is 7.04. The van der Waals surface area contributed by atoms with Crippen LogP contribution in [-0.4, -0.2) is 15.3 Å². The van der Waals surface area contributed by atoms with E-state index < -0.39 is 0 Å². The Morgan fingerprint density at radius 2 is 2.17 bits per heavy atom. The van der Waals surface area contributed by atoms with Crippen LogP contribution in [0.3, 0.4) is 0 Å². The molecule has 62 valence electrons. The van der Waals surface area contributed by atoms with E-state index in [9.17, 15) is 0 Å². The van der Waals surface area contributed by atoms with E-state index in [1.807, 2.05) is 0 Å². The predicted octanol–water partition coefficient (Wildman–Crippen LogP) is 0.357. The van der Waals surface area contributed by atoms with Gasteiger partial charge in [0.2, 0.25) is 0 Å². The normalized spacial score (nSPS) is 10.3. The van der Waals surface area contributed by atoms with Crippen molar-refractivity contribution in [3.05, 3.63) is 5.38 Å². The van der Waals surface area contributed by atoms with E-state index in [1.54, 1.807) is 5.38 Å². The Balaban J connectivity index is 2.50. The summed E-state index contributed by atoms with van der Waals surface area (Å²) in [6.45, 7) is 0. The summed E-state index contributed by atoms with van der Waals surface area (Å²) in [7, 11) is 0. The molecule has 0 aromatic carbocycles. The molecule has 0 saturated carbocycles. The summed E-state index contributed by atoms with van der Waals surface area (Å²) in [5.74, 6) is 0.223. The standard InChI is InChI=1S/C5H5N5OS/c6-4-3(9-11-10-4)2-1-12-5(7)8-2/h1H,(H2,6,10)(H2,7,8). The summed E-state index contributed by atoms with van der Waals surface area (Å²) in [4.78, 5) is 3.97. The highest BCUT2D eigenvalue weighted by Gasteiger charge is 2.11. The van der Waals surface area contributed by atoms with Crippen LogP contribution < -0.4 is 11.5 Å². The minimum atomic E-state index is 0.223. The Labute approximate surface area is 71.2 Å². The fraction of sp³-hybridized carbons (Fsp3) is 0. The molecular weight excluding hydrogens is 178 g/mol. The number of rotatable bonds is 1. The van der Waals surface area contributed by atoms with Crippen LogP contribution >= 0.6 is 11.3 Å². The fourth-order valence-electron chi connectivity index (χ4n) is 0.770. The first-order chi connectivity index (χ1) is 5.77. The largest absolute Gasteiger partial charge is 0.379 e. The minimum absolute atomic E-state index is 0.223. The molecule has 0 bridgehead atoms. The summed E-state index contributed by atoms with van der Waals surface area (Å²) >= 11 is 1.31. The highest BCUT2D eigenvalue weighted by molar-refractivity contribution is 7.13. The highest BCUT2D eigenvalue weighted by Crippen LogP contribution is 2.24. The molecule has 0 aliphatic carbocycles. The molecule has 0 spiro atoms. The lowest BCUT2D eigenvalue weighted by Crippen LogP contribution is -1.89. The number of aromatic nitrogens is 3. The second-order valence-corrected chi connectivity index (χ2v) is 2.96. The van der Waals surface area contributed by atoms with Crippen molar-refractivity contribution >= 4 is 22.3 Å². The number of hydrogen-bond donors (Lipinski definition) is 2. The van der Waals surface area contributed by atoms with E-state index in [0.717, 1.165) is 0 Å². The third kappa shape index (κ3) is 0.996. The van der Waals surface area contributed by atoms with Gasteiger partial charge in [-0.25, -0.2) is 9.61 Å². The molecule has 0 fully saturated rings. The van der Waals surface area contributed by atoms with E-state index in [1.165, 1.54) is 11.3 Å². The summed E-state index contributed by atoms with van der Waals surface area (Å²) in [6.07, 6.45) is 0. The molecule has 0 amide bonds. The van der Waals surface area contributed by atoms with E-state index in [4.69, 9.17) is 11.5 Å². The Bertz CT molecular complexity index is 394. The van der Waals surface area contributed by atoms with Crippen LogP contribution in [0, 0.1) is 0 Å². The molecule has 12 heavy (non-hydrogen) atoms. The van der Waals surface area contributed by atoms with Crippen molar-refractivity contribution in [2.24, 2.45) is 0 Å². The van der Waals surface area contributed by atoms with Crippen LogP contribution in [-0.2, 0) is 0 Å². The third-order valence-electron chi connectivity index (χ3n) is 1.28. The minimum Gasteiger partial charge on any atom is -0.379 e. The van der Waals surface area contributed by atoms with Gasteiger partial charge in [-0.3, -0.25) is 0 Å². The van der Waals surface area contributed by atoms with Crippen molar-refractivity contribution < 1.29 is 4.63 Å². The molecule has 0 atom stereocenters. The lowest BCUT2D eigenvalue weighted by molar-refractivity contribution is 0.310. The summed E-state index contributed by atoms with van der Waals surface area (Å²) in [6, 6.07) is 0. The van der Waals surface area contributed by atoms with Crippen molar-refractivity contribution in [1.82, 2.24) is 15.3 Å². The van der Waals surface area contributed by atoms with Gasteiger partial charge >= 0.3 is 0 Å². The van der Waals surface area contributed by atoms with Crippen LogP contribution in [0.1, 0.15) is 0 Å². The highest BCUT2D eigenvalue weighted by atomic mass is 32.1. The van der Waals surface area contributed by atoms with Crippen molar-refractivity contribution in [1.29, 1.82) is 0 Å². The number of nitrogens with two attached hydrogens (primary N) is 2. The zero-order chi connectivity index (χ0) is 8.55. The molecule has 0 radical (unpaired) electrons. The van der Waals surface area contributed by atoms with Crippen LogP contribution in [0.5, 0.6) is 0 Å². The van der Waals surface area contributed by atoms with Crippen molar-refractivity contribution in [3.8, 4) is 11.4 Å². The number of hydrogen-bond acceptors (Lipinski definition) is 7. The number of nitrogens with zero attached hydrogens (tertiary/aromatic N) is 3. The Kier molecular flexibility index (Phi) is 1.44. The number of nitrogen functional groups attached to an aromatic ring is 2. The number of anilines is 2. The maximum Gasteiger partial charge on any atom is 0.198 e. The van der Waals surface area contributed by atoms with E-state index in [0.29, 0.717) is 16.5 Å². The molecule has 4 N–H and O–H groups in total. The molecule has 2 aromatic heterocycles. The van der Waals surface area contributed by atoms with Gasteiger partial charge in [-0.15, -0.1) is 11.3 Å². The van der Waals surface area contributed by atoms with E-state index >= 15 is 0 Å². The van der Waals surface area contributed by atoms with Crippen molar-refractivity contribution in [2.75, 3.05) is 11.5 Å². The smallest absolute Gasteiger partial charge is 0.198 e. The third-order valence-corrected chi connectivity index (χ3v) is 1.95. The van der Waals surface area contributed by atoms with Gasteiger partial charge in [-0.2, -0.15) is 0 Å². The van der Waals surface area contributed by atoms with Crippen LogP contribution in [0.4, 0.5) is 10.9 Å². The molecule has 0 saturated heterocycles. The van der Waals surface area contributed by atoms with Gasteiger partial charge in [-0.05, 0) is 10.3 Å². The lowest BCUT2D eigenvalue weighted by atomic mass is 10.3. The van der Waals surface area contributed by atoms with Crippen LogP contribution in [0.25, 0.3) is 11.4 Å². The topological polar surface area (TPSA) is 104 Å². The lowest BCUT2D eigenvalue weighted by Gasteiger charge is -1.85. The SMILES string of the molecule is Nc1nc(-c2nonc2N)cs1. The quantitative estimate of drug-likeness (QED) is 0.661. The Morgan fingerprint density at radius 1 is 1.33 bits per heavy atom.